The van der Waals surface area contributed by atoms with Gasteiger partial charge in [0.25, 0.3) is 0 Å². The second-order valence-corrected chi connectivity index (χ2v) is 4.30. The minimum atomic E-state index is -0.0126. The number of aromatic nitrogens is 1. The van der Waals surface area contributed by atoms with Crippen molar-refractivity contribution in [3.05, 3.63) is 71.9 Å². The summed E-state index contributed by atoms with van der Waals surface area (Å²) in [5, 5.41) is 0.883. The lowest BCUT2D eigenvalue weighted by Gasteiger charge is -2.02. The zero-order valence-corrected chi connectivity index (χ0v) is 10.1. The second kappa shape index (κ2) is 4.53. The Hall–Kier alpha value is -2.68. The van der Waals surface area contributed by atoms with Crippen LogP contribution in [0.2, 0.25) is 0 Å². The van der Waals surface area contributed by atoms with Gasteiger partial charge in [0.1, 0.15) is 0 Å². The normalized spacial score (nSPS) is 10.5. The molecule has 3 rings (SSSR count). The SMILES string of the molecule is O=Cn1ccc2cc(C(=O)c3ccccc3)ccc21. The first-order chi connectivity index (χ1) is 9.29. The van der Waals surface area contributed by atoms with Crippen LogP contribution in [0.1, 0.15) is 15.9 Å². The first-order valence-corrected chi connectivity index (χ1v) is 5.95. The largest absolute Gasteiger partial charge is 0.290 e. The molecule has 3 heteroatoms. The highest BCUT2D eigenvalue weighted by Gasteiger charge is 2.10. The molecule has 0 saturated carbocycles. The third kappa shape index (κ3) is 1.95. The molecule has 2 aromatic carbocycles. The van der Waals surface area contributed by atoms with E-state index in [1.165, 1.54) is 4.57 Å². The van der Waals surface area contributed by atoms with Crippen LogP contribution in [0.3, 0.4) is 0 Å². The van der Waals surface area contributed by atoms with Crippen LogP contribution in [0.5, 0.6) is 0 Å². The number of rotatable bonds is 3. The fraction of sp³-hybridized carbons (Fsp3) is 0. The Bertz CT molecular complexity index is 757. The Morgan fingerprint density at radius 3 is 2.47 bits per heavy atom. The average Bonchev–Trinajstić information content (AvgIpc) is 2.89. The van der Waals surface area contributed by atoms with E-state index in [-0.39, 0.29) is 5.78 Å². The maximum absolute atomic E-state index is 12.3. The van der Waals surface area contributed by atoms with Gasteiger partial charge in [-0.05, 0) is 24.3 Å². The minimum absolute atomic E-state index is 0.0126. The smallest absolute Gasteiger partial charge is 0.218 e. The molecule has 0 spiro atoms. The highest BCUT2D eigenvalue weighted by molar-refractivity contribution is 6.10. The van der Waals surface area contributed by atoms with Crippen molar-refractivity contribution in [1.29, 1.82) is 0 Å². The van der Waals surface area contributed by atoms with Crippen molar-refractivity contribution in [3.8, 4) is 0 Å². The number of fused-ring (bicyclic) bond motifs is 1. The van der Waals surface area contributed by atoms with E-state index in [9.17, 15) is 9.59 Å². The van der Waals surface area contributed by atoms with Gasteiger partial charge >= 0.3 is 0 Å². The third-order valence-corrected chi connectivity index (χ3v) is 3.13. The standard InChI is InChI=1S/C16H11NO2/c18-11-17-9-8-13-10-14(6-7-15(13)17)16(19)12-4-2-1-3-5-12/h1-11H. The highest BCUT2D eigenvalue weighted by atomic mass is 16.1. The number of hydrogen-bond acceptors (Lipinski definition) is 2. The summed E-state index contributed by atoms with van der Waals surface area (Å²) in [7, 11) is 0. The van der Waals surface area contributed by atoms with E-state index >= 15 is 0 Å². The topological polar surface area (TPSA) is 39.1 Å². The summed E-state index contributed by atoms with van der Waals surface area (Å²) >= 11 is 0. The Balaban J connectivity index is 2.07. The molecule has 0 aliphatic heterocycles. The first-order valence-electron chi connectivity index (χ1n) is 5.95. The molecule has 0 amide bonds. The zero-order chi connectivity index (χ0) is 13.2. The Labute approximate surface area is 110 Å². The molecule has 92 valence electrons. The van der Waals surface area contributed by atoms with Gasteiger partial charge in [0.15, 0.2) is 5.78 Å². The van der Waals surface area contributed by atoms with Crippen LogP contribution in [0, 0.1) is 0 Å². The molecule has 3 aromatic rings. The number of nitrogens with zero attached hydrogens (tertiary/aromatic N) is 1. The van der Waals surface area contributed by atoms with E-state index in [1.54, 1.807) is 30.5 Å². The highest BCUT2D eigenvalue weighted by Crippen LogP contribution is 2.18. The summed E-state index contributed by atoms with van der Waals surface area (Å²) in [5.41, 5.74) is 2.10. The van der Waals surface area contributed by atoms with Crippen molar-refractivity contribution >= 4 is 23.1 Å². The van der Waals surface area contributed by atoms with Gasteiger partial charge in [-0.25, -0.2) is 0 Å². The van der Waals surface area contributed by atoms with E-state index < -0.39 is 0 Å². The quantitative estimate of drug-likeness (QED) is 0.529. The lowest BCUT2D eigenvalue weighted by atomic mass is 10.0. The van der Waals surface area contributed by atoms with Crippen molar-refractivity contribution in [3.63, 3.8) is 0 Å². The number of carbonyl (C=O) groups is 2. The van der Waals surface area contributed by atoms with Gasteiger partial charge in [-0.3, -0.25) is 14.2 Å². The molecule has 1 aromatic heterocycles. The molecule has 0 unspecified atom stereocenters. The van der Waals surface area contributed by atoms with Gasteiger partial charge in [0.05, 0.1) is 5.52 Å². The Morgan fingerprint density at radius 1 is 0.947 bits per heavy atom. The molecule has 19 heavy (non-hydrogen) atoms. The second-order valence-electron chi connectivity index (χ2n) is 4.30. The van der Waals surface area contributed by atoms with Crippen LogP contribution < -0.4 is 0 Å². The van der Waals surface area contributed by atoms with Crippen molar-refractivity contribution < 1.29 is 9.59 Å². The molecular weight excluding hydrogens is 238 g/mol. The molecule has 0 N–H and O–H groups in total. The molecule has 0 aliphatic carbocycles. The lowest BCUT2D eigenvalue weighted by Crippen LogP contribution is -2.00. The monoisotopic (exact) mass is 249 g/mol. The maximum Gasteiger partial charge on any atom is 0.218 e. The summed E-state index contributed by atoms with van der Waals surface area (Å²) in [6, 6.07) is 16.3. The van der Waals surface area contributed by atoms with Crippen molar-refractivity contribution in [2.24, 2.45) is 0 Å². The van der Waals surface area contributed by atoms with Crippen LogP contribution >= 0.6 is 0 Å². The third-order valence-electron chi connectivity index (χ3n) is 3.13. The van der Waals surface area contributed by atoms with Gasteiger partial charge in [0, 0.05) is 22.7 Å². The summed E-state index contributed by atoms with van der Waals surface area (Å²) in [5.74, 6) is -0.0126. The molecule has 0 bridgehead atoms. The summed E-state index contributed by atoms with van der Waals surface area (Å²) in [6.07, 6.45) is 2.44. The van der Waals surface area contributed by atoms with Crippen LogP contribution in [0.15, 0.2) is 60.8 Å². The summed E-state index contributed by atoms with van der Waals surface area (Å²) < 4.78 is 1.49. The van der Waals surface area contributed by atoms with Crippen LogP contribution in [0.25, 0.3) is 10.9 Å². The minimum Gasteiger partial charge on any atom is -0.290 e. The summed E-state index contributed by atoms with van der Waals surface area (Å²) in [6.45, 7) is 0. The van der Waals surface area contributed by atoms with E-state index in [4.69, 9.17) is 0 Å². The van der Waals surface area contributed by atoms with Gasteiger partial charge in [0.2, 0.25) is 6.41 Å². The van der Waals surface area contributed by atoms with Gasteiger partial charge in [-0.2, -0.15) is 0 Å². The van der Waals surface area contributed by atoms with Crippen molar-refractivity contribution in [2.75, 3.05) is 0 Å². The molecule has 0 atom stereocenters. The van der Waals surface area contributed by atoms with Gasteiger partial charge < -0.3 is 0 Å². The lowest BCUT2D eigenvalue weighted by molar-refractivity contribution is 0.103. The van der Waals surface area contributed by atoms with E-state index in [2.05, 4.69) is 0 Å². The number of hydrogen-bond donors (Lipinski definition) is 0. The summed E-state index contributed by atoms with van der Waals surface area (Å²) in [4.78, 5) is 23.1. The fourth-order valence-electron chi connectivity index (χ4n) is 2.15. The molecule has 3 nitrogen and oxygen atoms in total. The zero-order valence-electron chi connectivity index (χ0n) is 10.1. The van der Waals surface area contributed by atoms with Crippen molar-refractivity contribution in [1.82, 2.24) is 4.57 Å². The van der Waals surface area contributed by atoms with E-state index in [0.29, 0.717) is 11.1 Å². The first kappa shape index (κ1) is 11.4. The molecule has 0 saturated heterocycles. The fourth-order valence-corrected chi connectivity index (χ4v) is 2.15. The molecular formula is C16H11NO2. The maximum atomic E-state index is 12.3. The van der Waals surface area contributed by atoms with Crippen LogP contribution in [-0.2, 0) is 4.79 Å². The number of benzene rings is 2. The van der Waals surface area contributed by atoms with E-state index in [0.717, 1.165) is 17.3 Å². The number of ketones is 1. The predicted octanol–water partition coefficient (Wildman–Crippen LogP) is 2.91. The van der Waals surface area contributed by atoms with Gasteiger partial charge in [-0.1, -0.05) is 30.3 Å². The van der Waals surface area contributed by atoms with Crippen molar-refractivity contribution in [2.45, 2.75) is 0 Å². The molecule has 0 aliphatic rings. The molecule has 0 radical (unpaired) electrons. The van der Waals surface area contributed by atoms with Crippen LogP contribution in [-0.4, -0.2) is 16.8 Å². The predicted molar refractivity (Wildman–Crippen MR) is 74.0 cm³/mol. The average molecular weight is 249 g/mol. The van der Waals surface area contributed by atoms with Crippen LogP contribution in [0.4, 0.5) is 0 Å². The molecule has 1 heterocycles. The Kier molecular flexibility index (Phi) is 2.72. The molecule has 0 fully saturated rings. The number of carbonyl (C=O) groups excluding carboxylic acids is 2. The van der Waals surface area contributed by atoms with E-state index in [1.807, 2.05) is 30.3 Å². The Morgan fingerprint density at radius 2 is 1.74 bits per heavy atom. The van der Waals surface area contributed by atoms with Gasteiger partial charge in [-0.15, -0.1) is 0 Å².